The van der Waals surface area contributed by atoms with E-state index in [4.69, 9.17) is 4.98 Å². The van der Waals surface area contributed by atoms with Crippen LogP contribution in [0.2, 0.25) is 0 Å². The lowest BCUT2D eigenvalue weighted by molar-refractivity contribution is 0.0952. The van der Waals surface area contributed by atoms with Crippen LogP contribution in [-0.2, 0) is 20.1 Å². The van der Waals surface area contributed by atoms with Gasteiger partial charge in [-0.15, -0.1) is 0 Å². The Kier molecular flexibility index (Phi) is 5.79. The third-order valence-electron chi connectivity index (χ3n) is 4.87. The molecule has 0 aliphatic carbocycles. The standard InChI is InChI=1S/C22H29N5O/c1-14(2)19-11-18(20-15(3)25-27(6)21(20)24-19)22(28)23-12-16-9-7-8-10-17(16)13-26(4)5/h7-11,14H,12-13H2,1-6H3,(H,23,28). The molecule has 0 radical (unpaired) electrons. The van der Waals surface area contributed by atoms with Gasteiger partial charge in [-0.05, 0) is 44.1 Å². The Labute approximate surface area is 166 Å². The van der Waals surface area contributed by atoms with Crippen molar-refractivity contribution in [3.63, 3.8) is 0 Å². The van der Waals surface area contributed by atoms with Crippen LogP contribution < -0.4 is 5.32 Å². The molecule has 2 heterocycles. The number of carbonyl (C=O) groups excluding carboxylic acids is 1. The molecule has 0 fully saturated rings. The SMILES string of the molecule is Cc1nn(C)c2nc(C(C)C)cc(C(=O)NCc3ccccc3CN(C)C)c12. The molecule has 6 heteroatoms. The normalized spacial score (nSPS) is 11.6. The molecule has 1 amide bonds. The van der Waals surface area contributed by atoms with Gasteiger partial charge in [0.05, 0.1) is 16.6 Å². The fourth-order valence-corrected chi connectivity index (χ4v) is 3.43. The third-order valence-corrected chi connectivity index (χ3v) is 4.87. The van der Waals surface area contributed by atoms with Crippen LogP contribution in [0, 0.1) is 6.92 Å². The summed E-state index contributed by atoms with van der Waals surface area (Å²) in [6, 6.07) is 10.1. The van der Waals surface area contributed by atoms with Crippen molar-refractivity contribution < 1.29 is 4.79 Å². The van der Waals surface area contributed by atoms with E-state index in [0.29, 0.717) is 12.1 Å². The fourth-order valence-electron chi connectivity index (χ4n) is 3.43. The van der Waals surface area contributed by atoms with Gasteiger partial charge in [-0.3, -0.25) is 9.48 Å². The molecule has 0 unspecified atom stereocenters. The lowest BCUT2D eigenvalue weighted by Crippen LogP contribution is -2.25. The van der Waals surface area contributed by atoms with E-state index in [1.807, 2.05) is 46.3 Å². The van der Waals surface area contributed by atoms with Crippen LogP contribution in [0.25, 0.3) is 11.0 Å². The van der Waals surface area contributed by atoms with Crippen molar-refractivity contribution in [3.8, 4) is 0 Å². The number of aromatic nitrogens is 3. The summed E-state index contributed by atoms with van der Waals surface area (Å²) in [6.45, 7) is 7.41. The highest BCUT2D eigenvalue weighted by molar-refractivity contribution is 6.06. The molecule has 0 saturated heterocycles. The van der Waals surface area contributed by atoms with Crippen molar-refractivity contribution in [2.24, 2.45) is 7.05 Å². The van der Waals surface area contributed by atoms with Gasteiger partial charge in [-0.1, -0.05) is 38.1 Å². The van der Waals surface area contributed by atoms with Gasteiger partial charge in [0, 0.05) is 25.8 Å². The molecular weight excluding hydrogens is 350 g/mol. The highest BCUT2D eigenvalue weighted by Gasteiger charge is 2.19. The van der Waals surface area contributed by atoms with Crippen molar-refractivity contribution in [3.05, 3.63) is 58.4 Å². The minimum atomic E-state index is -0.0925. The van der Waals surface area contributed by atoms with Gasteiger partial charge in [0.15, 0.2) is 5.65 Å². The zero-order valence-corrected chi connectivity index (χ0v) is 17.6. The number of pyridine rings is 1. The van der Waals surface area contributed by atoms with Crippen LogP contribution in [0.1, 0.15) is 52.6 Å². The molecule has 6 nitrogen and oxygen atoms in total. The number of hydrogen-bond donors (Lipinski definition) is 1. The first-order valence-electron chi connectivity index (χ1n) is 9.62. The van der Waals surface area contributed by atoms with Gasteiger partial charge in [0.25, 0.3) is 5.91 Å². The highest BCUT2D eigenvalue weighted by Crippen LogP contribution is 2.25. The molecule has 2 aromatic heterocycles. The van der Waals surface area contributed by atoms with Gasteiger partial charge >= 0.3 is 0 Å². The highest BCUT2D eigenvalue weighted by atomic mass is 16.1. The van der Waals surface area contributed by atoms with E-state index in [2.05, 4.69) is 41.3 Å². The second-order valence-corrected chi connectivity index (χ2v) is 7.85. The Balaban J connectivity index is 1.92. The summed E-state index contributed by atoms with van der Waals surface area (Å²) in [5.74, 6) is 0.136. The number of aryl methyl sites for hydroxylation is 2. The molecular formula is C22H29N5O. The van der Waals surface area contributed by atoms with Crippen LogP contribution >= 0.6 is 0 Å². The third kappa shape index (κ3) is 4.07. The van der Waals surface area contributed by atoms with E-state index in [-0.39, 0.29) is 11.8 Å². The lowest BCUT2D eigenvalue weighted by Gasteiger charge is -2.15. The van der Waals surface area contributed by atoms with E-state index in [1.165, 1.54) is 5.56 Å². The van der Waals surface area contributed by atoms with Crippen molar-refractivity contribution >= 4 is 16.9 Å². The number of rotatable bonds is 6. The maximum Gasteiger partial charge on any atom is 0.252 e. The summed E-state index contributed by atoms with van der Waals surface area (Å²) in [5, 5.41) is 8.39. The molecule has 3 aromatic rings. The van der Waals surface area contributed by atoms with Crippen molar-refractivity contribution in [2.45, 2.75) is 39.8 Å². The smallest absolute Gasteiger partial charge is 0.252 e. The second kappa shape index (κ2) is 8.10. The number of amides is 1. The van der Waals surface area contributed by atoms with Crippen molar-refractivity contribution in [2.75, 3.05) is 14.1 Å². The molecule has 148 valence electrons. The van der Waals surface area contributed by atoms with Crippen LogP contribution in [0.3, 0.4) is 0 Å². The van der Waals surface area contributed by atoms with Crippen molar-refractivity contribution in [1.29, 1.82) is 0 Å². The summed E-state index contributed by atoms with van der Waals surface area (Å²) in [4.78, 5) is 20.0. The van der Waals surface area contributed by atoms with E-state index in [9.17, 15) is 4.79 Å². The molecule has 0 bridgehead atoms. The number of nitrogens with zero attached hydrogens (tertiary/aromatic N) is 4. The minimum absolute atomic E-state index is 0.0925. The summed E-state index contributed by atoms with van der Waals surface area (Å²) in [7, 11) is 5.95. The summed E-state index contributed by atoms with van der Waals surface area (Å²) in [6.07, 6.45) is 0. The first kappa shape index (κ1) is 20.0. The Morgan fingerprint density at radius 2 is 1.89 bits per heavy atom. The quantitative estimate of drug-likeness (QED) is 0.713. The molecule has 0 spiro atoms. The van der Waals surface area contributed by atoms with Crippen molar-refractivity contribution in [1.82, 2.24) is 25.0 Å². The van der Waals surface area contributed by atoms with Crippen LogP contribution in [-0.4, -0.2) is 39.7 Å². The Hall–Kier alpha value is -2.73. The maximum atomic E-state index is 13.1. The number of hydrogen-bond acceptors (Lipinski definition) is 4. The van der Waals surface area contributed by atoms with E-state index >= 15 is 0 Å². The Morgan fingerprint density at radius 1 is 1.21 bits per heavy atom. The van der Waals surface area contributed by atoms with Gasteiger partial charge < -0.3 is 10.2 Å². The fraction of sp³-hybridized carbons (Fsp3) is 0.409. The molecule has 0 saturated carbocycles. The van der Waals surface area contributed by atoms with Gasteiger partial charge in [0.1, 0.15) is 0 Å². The maximum absolute atomic E-state index is 13.1. The Morgan fingerprint density at radius 3 is 2.54 bits per heavy atom. The summed E-state index contributed by atoms with van der Waals surface area (Å²) < 4.78 is 1.75. The zero-order chi connectivity index (χ0) is 20.4. The number of carbonyl (C=O) groups is 1. The number of nitrogens with one attached hydrogen (secondary N) is 1. The van der Waals surface area contributed by atoms with Crippen LogP contribution in [0.4, 0.5) is 0 Å². The number of benzene rings is 1. The average molecular weight is 380 g/mol. The minimum Gasteiger partial charge on any atom is -0.348 e. The van der Waals surface area contributed by atoms with E-state index in [0.717, 1.165) is 34.5 Å². The van der Waals surface area contributed by atoms with E-state index < -0.39 is 0 Å². The molecule has 3 rings (SSSR count). The van der Waals surface area contributed by atoms with Gasteiger partial charge in [-0.25, -0.2) is 4.98 Å². The Bertz CT molecular complexity index is 1000. The number of fused-ring (bicyclic) bond motifs is 1. The average Bonchev–Trinajstić information content (AvgIpc) is 2.93. The first-order valence-corrected chi connectivity index (χ1v) is 9.62. The summed E-state index contributed by atoms with van der Waals surface area (Å²) in [5.41, 5.74) is 5.45. The van der Waals surface area contributed by atoms with Gasteiger partial charge in [0.2, 0.25) is 0 Å². The molecule has 0 aliphatic heterocycles. The lowest BCUT2D eigenvalue weighted by atomic mass is 10.0. The van der Waals surface area contributed by atoms with Crippen LogP contribution in [0.15, 0.2) is 30.3 Å². The first-order chi connectivity index (χ1) is 13.3. The summed E-state index contributed by atoms with van der Waals surface area (Å²) >= 11 is 0. The monoisotopic (exact) mass is 379 g/mol. The molecule has 1 N–H and O–H groups in total. The predicted octanol–water partition coefficient (Wildman–Crippen LogP) is 3.39. The molecule has 1 aromatic carbocycles. The van der Waals surface area contributed by atoms with E-state index in [1.54, 1.807) is 4.68 Å². The molecule has 0 atom stereocenters. The van der Waals surface area contributed by atoms with Gasteiger partial charge in [-0.2, -0.15) is 5.10 Å². The largest absolute Gasteiger partial charge is 0.348 e. The predicted molar refractivity (Wildman–Crippen MR) is 112 cm³/mol. The second-order valence-electron chi connectivity index (χ2n) is 7.85. The van der Waals surface area contributed by atoms with Crippen LogP contribution in [0.5, 0.6) is 0 Å². The molecule has 28 heavy (non-hydrogen) atoms. The molecule has 0 aliphatic rings. The topological polar surface area (TPSA) is 63.1 Å². The zero-order valence-electron chi connectivity index (χ0n) is 17.6.